The summed E-state index contributed by atoms with van der Waals surface area (Å²) in [4.78, 5) is 4.43. The quantitative estimate of drug-likeness (QED) is 0.726. The van der Waals surface area contributed by atoms with Crippen molar-refractivity contribution < 1.29 is 4.74 Å². The first-order chi connectivity index (χ1) is 8.79. The number of hydrogen-bond acceptors (Lipinski definition) is 5. The Balaban J connectivity index is 1.93. The van der Waals surface area contributed by atoms with Gasteiger partial charge in [0.1, 0.15) is 0 Å². The summed E-state index contributed by atoms with van der Waals surface area (Å²) in [7, 11) is 1.68. The maximum absolute atomic E-state index is 5.01. The van der Waals surface area contributed by atoms with E-state index in [1.165, 1.54) is 0 Å². The van der Waals surface area contributed by atoms with E-state index in [-0.39, 0.29) is 0 Å². The van der Waals surface area contributed by atoms with Gasteiger partial charge in [-0.05, 0) is 6.92 Å². The Kier molecular flexibility index (Phi) is 4.30. The molecule has 2 rings (SSSR count). The number of rotatable bonds is 7. The van der Waals surface area contributed by atoms with Crippen molar-refractivity contribution in [2.75, 3.05) is 25.6 Å². The molecule has 1 N–H and O–H groups in total. The number of nitrogens with zero attached hydrogens (tertiary/aromatic N) is 5. The van der Waals surface area contributed by atoms with Crippen LogP contribution in [0.4, 0.5) is 5.95 Å². The molecular weight excluding hydrogens is 232 g/mol. The van der Waals surface area contributed by atoms with Crippen molar-refractivity contribution in [3.63, 3.8) is 0 Å². The lowest BCUT2D eigenvalue weighted by Crippen LogP contribution is -2.14. The van der Waals surface area contributed by atoms with Crippen LogP contribution in [-0.4, -0.2) is 44.8 Å². The molecule has 7 heteroatoms. The molecule has 0 bridgehead atoms. The number of imidazole rings is 1. The van der Waals surface area contributed by atoms with Gasteiger partial charge >= 0.3 is 0 Å². The lowest BCUT2D eigenvalue weighted by atomic mass is 10.5. The zero-order chi connectivity index (χ0) is 12.8. The Labute approximate surface area is 106 Å². The zero-order valence-electron chi connectivity index (χ0n) is 10.7. The molecule has 18 heavy (non-hydrogen) atoms. The Bertz CT molecular complexity index is 464. The third kappa shape index (κ3) is 3.30. The maximum Gasteiger partial charge on any atom is 0.203 e. The molecule has 0 fully saturated rings. The van der Waals surface area contributed by atoms with Gasteiger partial charge in [-0.25, -0.2) is 4.98 Å². The fourth-order valence-electron chi connectivity index (χ4n) is 1.69. The molecule has 0 saturated carbocycles. The van der Waals surface area contributed by atoms with Gasteiger partial charge in [-0.1, -0.05) is 5.21 Å². The molecule has 2 heterocycles. The fourth-order valence-corrected chi connectivity index (χ4v) is 1.69. The molecule has 0 atom stereocenters. The minimum absolute atomic E-state index is 0.662. The highest BCUT2D eigenvalue weighted by Gasteiger charge is 2.05. The number of nitrogens with one attached hydrogen (secondary N) is 1. The zero-order valence-corrected chi connectivity index (χ0v) is 10.7. The van der Waals surface area contributed by atoms with Crippen LogP contribution in [0.15, 0.2) is 18.6 Å². The second kappa shape index (κ2) is 6.15. The molecule has 7 nitrogen and oxygen atoms in total. The SMILES string of the molecule is COCCNc1nc(C)cn1CCn1ccnn1. The van der Waals surface area contributed by atoms with Crippen molar-refractivity contribution in [3.8, 4) is 0 Å². The van der Waals surface area contributed by atoms with Gasteiger partial charge in [0.05, 0.1) is 25.0 Å². The summed E-state index contributed by atoms with van der Waals surface area (Å²) in [6.07, 6.45) is 5.55. The van der Waals surface area contributed by atoms with Gasteiger partial charge in [0.15, 0.2) is 0 Å². The van der Waals surface area contributed by atoms with E-state index in [2.05, 4.69) is 25.2 Å². The van der Waals surface area contributed by atoms with Crippen molar-refractivity contribution in [2.45, 2.75) is 20.0 Å². The van der Waals surface area contributed by atoms with Gasteiger partial charge in [-0.2, -0.15) is 0 Å². The monoisotopic (exact) mass is 250 g/mol. The Morgan fingerprint density at radius 3 is 3.00 bits per heavy atom. The number of anilines is 1. The van der Waals surface area contributed by atoms with Crippen LogP contribution in [0.25, 0.3) is 0 Å². The summed E-state index contributed by atoms with van der Waals surface area (Å²) in [5.74, 6) is 0.865. The van der Waals surface area contributed by atoms with Gasteiger partial charge in [-0.15, -0.1) is 5.10 Å². The van der Waals surface area contributed by atoms with E-state index in [1.54, 1.807) is 18.0 Å². The highest BCUT2D eigenvalue weighted by Crippen LogP contribution is 2.08. The highest BCUT2D eigenvalue weighted by atomic mass is 16.5. The summed E-state index contributed by atoms with van der Waals surface area (Å²) in [6.45, 7) is 4.97. The maximum atomic E-state index is 5.01. The molecule has 0 saturated heterocycles. The van der Waals surface area contributed by atoms with Crippen LogP contribution in [0.3, 0.4) is 0 Å². The van der Waals surface area contributed by atoms with E-state index >= 15 is 0 Å². The highest BCUT2D eigenvalue weighted by molar-refractivity contribution is 5.28. The predicted octanol–water partition coefficient (Wildman–Crippen LogP) is 0.542. The Morgan fingerprint density at radius 1 is 1.39 bits per heavy atom. The van der Waals surface area contributed by atoms with E-state index in [9.17, 15) is 0 Å². The van der Waals surface area contributed by atoms with Crippen LogP contribution in [0.5, 0.6) is 0 Å². The molecule has 0 aliphatic heterocycles. The molecular formula is C11H18N6O. The van der Waals surface area contributed by atoms with Gasteiger partial charge < -0.3 is 14.6 Å². The minimum atomic E-state index is 0.662. The predicted molar refractivity (Wildman–Crippen MR) is 67.4 cm³/mol. The second-order valence-corrected chi connectivity index (χ2v) is 3.98. The van der Waals surface area contributed by atoms with Crippen molar-refractivity contribution in [2.24, 2.45) is 0 Å². The van der Waals surface area contributed by atoms with Gasteiger partial charge in [0, 0.05) is 32.6 Å². The first-order valence-corrected chi connectivity index (χ1v) is 5.90. The number of hydrogen-bond donors (Lipinski definition) is 1. The van der Waals surface area contributed by atoms with E-state index in [0.717, 1.165) is 31.3 Å². The molecule has 0 aliphatic carbocycles. The van der Waals surface area contributed by atoms with Crippen LogP contribution in [0.2, 0.25) is 0 Å². The fraction of sp³-hybridized carbons (Fsp3) is 0.545. The third-order valence-corrected chi connectivity index (χ3v) is 2.53. The summed E-state index contributed by atoms with van der Waals surface area (Å²) < 4.78 is 8.88. The molecule has 2 aromatic heterocycles. The van der Waals surface area contributed by atoms with Crippen LogP contribution in [0, 0.1) is 6.92 Å². The summed E-state index contributed by atoms with van der Waals surface area (Å²) in [6, 6.07) is 0. The van der Waals surface area contributed by atoms with Crippen molar-refractivity contribution in [3.05, 3.63) is 24.3 Å². The topological polar surface area (TPSA) is 69.8 Å². The van der Waals surface area contributed by atoms with E-state index in [0.29, 0.717) is 6.61 Å². The van der Waals surface area contributed by atoms with Crippen LogP contribution in [-0.2, 0) is 17.8 Å². The molecule has 0 radical (unpaired) electrons. The first-order valence-electron chi connectivity index (χ1n) is 5.90. The summed E-state index contributed by atoms with van der Waals surface area (Å²) >= 11 is 0. The molecule has 98 valence electrons. The molecule has 0 unspecified atom stereocenters. The van der Waals surface area contributed by atoms with E-state index in [4.69, 9.17) is 4.74 Å². The van der Waals surface area contributed by atoms with Crippen LogP contribution >= 0.6 is 0 Å². The van der Waals surface area contributed by atoms with E-state index in [1.807, 2.05) is 19.3 Å². The number of ether oxygens (including phenoxy) is 1. The van der Waals surface area contributed by atoms with Crippen molar-refractivity contribution in [1.29, 1.82) is 0 Å². The average molecular weight is 250 g/mol. The van der Waals surface area contributed by atoms with Crippen LogP contribution in [0.1, 0.15) is 5.69 Å². The van der Waals surface area contributed by atoms with Crippen LogP contribution < -0.4 is 5.32 Å². The lowest BCUT2D eigenvalue weighted by molar-refractivity contribution is 0.210. The third-order valence-electron chi connectivity index (χ3n) is 2.53. The van der Waals surface area contributed by atoms with Gasteiger partial charge in [-0.3, -0.25) is 4.68 Å². The van der Waals surface area contributed by atoms with E-state index < -0.39 is 0 Å². The number of aromatic nitrogens is 5. The Morgan fingerprint density at radius 2 is 2.28 bits per heavy atom. The van der Waals surface area contributed by atoms with Crippen molar-refractivity contribution >= 4 is 5.95 Å². The molecule has 2 aromatic rings. The normalized spacial score (nSPS) is 10.8. The minimum Gasteiger partial charge on any atom is -0.383 e. The summed E-state index contributed by atoms with van der Waals surface area (Å²) in [5, 5.41) is 11.0. The van der Waals surface area contributed by atoms with Gasteiger partial charge in [0.25, 0.3) is 0 Å². The largest absolute Gasteiger partial charge is 0.383 e. The number of methoxy groups -OCH3 is 1. The summed E-state index contributed by atoms with van der Waals surface area (Å²) in [5.41, 5.74) is 0.994. The number of aryl methyl sites for hydroxylation is 3. The van der Waals surface area contributed by atoms with Gasteiger partial charge in [0.2, 0.25) is 5.95 Å². The molecule has 0 aromatic carbocycles. The van der Waals surface area contributed by atoms with Crippen molar-refractivity contribution in [1.82, 2.24) is 24.5 Å². The smallest absolute Gasteiger partial charge is 0.203 e. The molecule has 0 spiro atoms. The Hall–Kier alpha value is -1.89. The standard InChI is InChI=1S/C11H18N6O/c1-10-9-16(6-7-17-5-3-13-15-17)11(14-10)12-4-8-18-2/h3,5,9H,4,6-8H2,1-2H3,(H,12,14). The first kappa shape index (κ1) is 12.6. The lowest BCUT2D eigenvalue weighted by Gasteiger charge is -2.09. The molecule has 0 aliphatic rings. The second-order valence-electron chi connectivity index (χ2n) is 3.98. The molecule has 0 amide bonds. The average Bonchev–Trinajstić information content (AvgIpc) is 2.97.